The fourth-order valence-corrected chi connectivity index (χ4v) is 5.46. The molecule has 10 heteroatoms. The Morgan fingerprint density at radius 1 is 0.478 bits per heavy atom. The van der Waals surface area contributed by atoms with Crippen LogP contribution in [0.5, 0.6) is 28.7 Å². The number of carbonyl (C=O) groups is 4. The molecule has 5 aromatic carbocycles. The molecule has 0 heterocycles. The first-order valence-electron chi connectivity index (χ1n) is 13.9. The van der Waals surface area contributed by atoms with Gasteiger partial charge in [-0.25, -0.2) is 14.4 Å². The average Bonchev–Trinajstić information content (AvgIpc) is 3.10. The zero-order valence-corrected chi connectivity index (χ0v) is 25.7. The number of benzene rings is 5. The summed E-state index contributed by atoms with van der Waals surface area (Å²) in [6.45, 7) is 0. The maximum absolute atomic E-state index is 13.9. The lowest BCUT2D eigenvalue weighted by atomic mass is 10.2. The van der Waals surface area contributed by atoms with Crippen LogP contribution in [0.25, 0.3) is 0 Å². The molecular formula is C36H27O9P. The number of carbonyl (C=O) groups excluding carboxylic acids is 4. The van der Waals surface area contributed by atoms with E-state index in [4.69, 9.17) is 23.7 Å². The van der Waals surface area contributed by atoms with Gasteiger partial charge in [0, 0.05) is 12.1 Å². The highest BCUT2D eigenvalue weighted by Crippen LogP contribution is 2.39. The molecule has 0 aliphatic rings. The Labute approximate surface area is 266 Å². The number of hydrogen-bond donors (Lipinski definition) is 0. The molecule has 0 spiro atoms. The molecule has 0 bridgehead atoms. The Hall–Kier alpha value is -5.79. The minimum atomic E-state index is -0.762. The van der Waals surface area contributed by atoms with Crippen molar-refractivity contribution in [2.45, 2.75) is 0 Å². The fraction of sp³-hybridized carbons (Fsp3) is 0.0556. The van der Waals surface area contributed by atoms with Gasteiger partial charge < -0.3 is 23.7 Å². The number of esters is 3. The van der Waals surface area contributed by atoms with E-state index in [2.05, 4.69) is 0 Å². The van der Waals surface area contributed by atoms with Crippen LogP contribution >= 0.6 is 8.58 Å². The minimum absolute atomic E-state index is 0.0750. The van der Waals surface area contributed by atoms with Crippen molar-refractivity contribution in [2.75, 3.05) is 14.2 Å². The lowest BCUT2D eigenvalue weighted by Crippen LogP contribution is -2.19. The molecular weight excluding hydrogens is 607 g/mol. The minimum Gasteiger partial charge on any atom is -0.496 e. The Bertz CT molecular complexity index is 1780. The molecule has 0 aromatic heterocycles. The zero-order valence-electron chi connectivity index (χ0n) is 24.7. The number of hydrogen-bond acceptors (Lipinski definition) is 9. The predicted molar refractivity (Wildman–Crippen MR) is 172 cm³/mol. The number of methoxy groups -OCH3 is 2. The first-order chi connectivity index (χ1) is 22.4. The molecule has 5 rings (SSSR count). The highest BCUT2D eigenvalue weighted by Gasteiger charge is 2.27. The normalized spacial score (nSPS) is 10.7. The molecule has 5 aromatic rings. The second-order valence-electron chi connectivity index (χ2n) is 9.55. The van der Waals surface area contributed by atoms with Crippen LogP contribution in [0.15, 0.2) is 121 Å². The summed E-state index contributed by atoms with van der Waals surface area (Å²) in [5, 5.41) is 0.0750. The van der Waals surface area contributed by atoms with Crippen LogP contribution in [0.1, 0.15) is 41.4 Å². The van der Waals surface area contributed by atoms with Gasteiger partial charge in [0.1, 0.15) is 34.3 Å². The largest absolute Gasteiger partial charge is 0.496 e. The van der Waals surface area contributed by atoms with Crippen molar-refractivity contribution in [3.63, 3.8) is 0 Å². The third kappa shape index (κ3) is 7.46. The molecule has 1 unspecified atom stereocenters. The highest BCUT2D eigenvalue weighted by molar-refractivity contribution is 7.66. The molecule has 46 heavy (non-hydrogen) atoms. The summed E-state index contributed by atoms with van der Waals surface area (Å²) >= 11 is 0. The molecule has 0 fully saturated rings. The van der Waals surface area contributed by atoms with E-state index < -0.39 is 32.0 Å². The first-order valence-corrected chi connectivity index (χ1v) is 14.9. The van der Waals surface area contributed by atoms with Gasteiger partial charge >= 0.3 is 17.9 Å². The van der Waals surface area contributed by atoms with Crippen molar-refractivity contribution in [2.24, 2.45) is 0 Å². The van der Waals surface area contributed by atoms with Crippen LogP contribution in [0.3, 0.4) is 0 Å². The molecule has 0 aliphatic heterocycles. The number of ether oxygens (including phenoxy) is 5. The van der Waals surface area contributed by atoms with E-state index in [1.54, 1.807) is 109 Å². The Kier molecular flexibility index (Phi) is 10.2. The molecule has 0 amide bonds. The third-order valence-electron chi connectivity index (χ3n) is 6.58. The number of rotatable bonds is 11. The van der Waals surface area contributed by atoms with Crippen molar-refractivity contribution >= 4 is 37.3 Å². The van der Waals surface area contributed by atoms with Crippen LogP contribution in [-0.4, -0.2) is 37.7 Å². The van der Waals surface area contributed by atoms with Crippen LogP contribution in [0, 0.1) is 0 Å². The van der Waals surface area contributed by atoms with Gasteiger partial charge in [-0.1, -0.05) is 60.7 Å². The summed E-state index contributed by atoms with van der Waals surface area (Å²) in [4.78, 5) is 53.5. The fourth-order valence-electron chi connectivity index (χ4n) is 4.37. The van der Waals surface area contributed by atoms with E-state index in [0.29, 0.717) is 0 Å². The second-order valence-corrected chi connectivity index (χ2v) is 10.8. The summed E-state index contributed by atoms with van der Waals surface area (Å²) in [7, 11) is 2.08. The molecule has 0 aliphatic carbocycles. The van der Waals surface area contributed by atoms with E-state index in [1.165, 1.54) is 26.4 Å². The third-order valence-corrected chi connectivity index (χ3v) is 7.80. The molecule has 0 saturated carbocycles. The molecule has 0 N–H and O–H groups in total. The Morgan fingerprint density at radius 2 is 0.870 bits per heavy atom. The van der Waals surface area contributed by atoms with Gasteiger partial charge in [-0.05, 0) is 57.1 Å². The Morgan fingerprint density at radius 3 is 1.26 bits per heavy atom. The van der Waals surface area contributed by atoms with Crippen molar-refractivity contribution in [1.82, 2.24) is 0 Å². The topological polar surface area (TPSA) is 114 Å². The van der Waals surface area contributed by atoms with Gasteiger partial charge in [-0.3, -0.25) is 4.79 Å². The molecule has 230 valence electrons. The summed E-state index contributed by atoms with van der Waals surface area (Å²) in [6, 6.07) is 32.2. The van der Waals surface area contributed by atoms with Crippen molar-refractivity contribution in [1.29, 1.82) is 0 Å². The maximum Gasteiger partial charge on any atom is 0.343 e. The summed E-state index contributed by atoms with van der Waals surface area (Å²) in [5.41, 5.74) is 0.397. The monoisotopic (exact) mass is 634 g/mol. The molecule has 1 atom stereocenters. The van der Waals surface area contributed by atoms with Gasteiger partial charge in [0.25, 0.3) is 0 Å². The first kappa shape index (κ1) is 31.6. The van der Waals surface area contributed by atoms with Gasteiger partial charge in [0.05, 0.1) is 36.2 Å². The molecule has 0 saturated heterocycles. The van der Waals surface area contributed by atoms with E-state index >= 15 is 0 Å². The quantitative estimate of drug-likeness (QED) is 0.0912. The van der Waals surface area contributed by atoms with E-state index in [9.17, 15) is 19.2 Å². The lowest BCUT2D eigenvalue weighted by Gasteiger charge is -2.18. The molecule has 9 nitrogen and oxygen atoms in total. The summed E-state index contributed by atoms with van der Waals surface area (Å²) in [5.74, 6) is -2.07. The van der Waals surface area contributed by atoms with E-state index in [-0.39, 0.29) is 56.3 Å². The van der Waals surface area contributed by atoms with Crippen molar-refractivity contribution in [3.8, 4) is 28.7 Å². The second kappa shape index (κ2) is 14.8. The van der Waals surface area contributed by atoms with Crippen molar-refractivity contribution < 1.29 is 42.9 Å². The van der Waals surface area contributed by atoms with E-state index in [1.807, 2.05) is 0 Å². The van der Waals surface area contributed by atoms with Crippen LogP contribution in [-0.2, 0) is 0 Å². The SMILES string of the molecule is COc1cccc(OC)c1C(=O)Pc1c(OC(=O)c2ccccc2)cc(OC(=O)c2ccccc2)cc1OC(=O)c1ccccc1. The van der Waals surface area contributed by atoms with Crippen molar-refractivity contribution in [3.05, 3.63) is 144 Å². The summed E-state index contributed by atoms with van der Waals surface area (Å²) < 4.78 is 28.1. The maximum atomic E-state index is 13.9. The van der Waals surface area contributed by atoms with Gasteiger partial charge in [-0.2, -0.15) is 0 Å². The smallest absolute Gasteiger partial charge is 0.343 e. The lowest BCUT2D eigenvalue weighted by molar-refractivity contribution is 0.0731. The standard InChI is InChI=1S/C36H27O9P/c1-41-27-19-12-20-28(42-2)31(27)36(40)46-32-29(44-34(38)24-15-8-4-9-16-24)21-26(43-33(37)23-13-6-3-7-14-23)22-30(32)45-35(39)25-17-10-5-11-18-25/h3-22,46H,1-2H3. The van der Waals surface area contributed by atoms with Crippen LogP contribution < -0.4 is 29.0 Å². The van der Waals surface area contributed by atoms with Crippen LogP contribution in [0.4, 0.5) is 0 Å². The van der Waals surface area contributed by atoms with Gasteiger partial charge in [0.15, 0.2) is 5.52 Å². The van der Waals surface area contributed by atoms with Crippen LogP contribution in [0.2, 0.25) is 0 Å². The average molecular weight is 635 g/mol. The highest BCUT2D eigenvalue weighted by atomic mass is 31.1. The van der Waals surface area contributed by atoms with Gasteiger partial charge in [-0.15, -0.1) is 0 Å². The van der Waals surface area contributed by atoms with Gasteiger partial charge in [0.2, 0.25) is 0 Å². The zero-order chi connectivity index (χ0) is 32.5. The van der Waals surface area contributed by atoms with E-state index in [0.717, 1.165) is 0 Å². The Balaban J connectivity index is 1.63. The predicted octanol–water partition coefficient (Wildman–Crippen LogP) is 6.51. The summed E-state index contributed by atoms with van der Waals surface area (Å²) in [6.07, 6.45) is 0. The molecule has 0 radical (unpaired) electrons.